The molecule has 4 heteroatoms. The Morgan fingerprint density at radius 1 is 0.909 bits per heavy atom. The van der Waals surface area contributed by atoms with E-state index in [9.17, 15) is 4.79 Å². The van der Waals surface area contributed by atoms with Gasteiger partial charge in [0.05, 0.1) is 12.7 Å². The van der Waals surface area contributed by atoms with Crippen LogP contribution in [0.15, 0.2) is 0 Å². The van der Waals surface area contributed by atoms with E-state index >= 15 is 0 Å². The molecule has 6 fully saturated rings. The van der Waals surface area contributed by atoms with Gasteiger partial charge in [-0.3, -0.25) is 4.79 Å². The molecule has 0 aromatic rings. The zero-order chi connectivity index (χ0) is 23.2. The molecule has 0 aromatic carbocycles. The molecule has 4 nitrogen and oxygen atoms in total. The van der Waals surface area contributed by atoms with Gasteiger partial charge in [0.2, 0.25) is 0 Å². The standard InChI is InChI=1S/C29H46O4/c1-17-8-13-29(31-16-17)18(2)26-25(33-29)15-24-22-7-6-20-14-21(32-19(3)30)9-11-27(20,4)23(22)10-12-28(24,26)5/h17-18,20-26H,6-16H2,1-5H3/t17-,18+,20+,21+,22-,23+,24+,25+,26+,27+,28+,29-/m1/s1. The summed E-state index contributed by atoms with van der Waals surface area (Å²) in [6.45, 7) is 12.4. The summed E-state index contributed by atoms with van der Waals surface area (Å²) in [6, 6.07) is 0. The molecular weight excluding hydrogens is 412 g/mol. The van der Waals surface area contributed by atoms with Gasteiger partial charge in [-0.2, -0.15) is 0 Å². The maximum atomic E-state index is 11.5. The van der Waals surface area contributed by atoms with Crippen LogP contribution in [0.25, 0.3) is 0 Å². The molecule has 186 valence electrons. The molecular formula is C29H46O4. The number of ether oxygens (including phenoxy) is 3. The molecule has 4 saturated carbocycles. The fraction of sp³-hybridized carbons (Fsp3) is 0.966. The molecule has 2 heterocycles. The summed E-state index contributed by atoms with van der Waals surface area (Å²) in [7, 11) is 0. The predicted molar refractivity (Wildman–Crippen MR) is 127 cm³/mol. The van der Waals surface area contributed by atoms with Crippen LogP contribution in [-0.2, 0) is 19.0 Å². The molecule has 0 aromatic heterocycles. The summed E-state index contributed by atoms with van der Waals surface area (Å²) in [5.74, 6) is 4.63. The Labute approximate surface area is 200 Å². The molecule has 6 rings (SSSR count). The first-order chi connectivity index (χ1) is 15.7. The number of hydrogen-bond acceptors (Lipinski definition) is 4. The summed E-state index contributed by atoms with van der Waals surface area (Å²) in [5.41, 5.74) is 0.828. The van der Waals surface area contributed by atoms with Gasteiger partial charge in [0.15, 0.2) is 5.79 Å². The van der Waals surface area contributed by atoms with Gasteiger partial charge >= 0.3 is 5.97 Å². The Bertz CT molecular complexity index is 786. The number of esters is 1. The van der Waals surface area contributed by atoms with Crippen molar-refractivity contribution >= 4 is 5.97 Å². The minimum atomic E-state index is -0.300. The second-order valence-electron chi connectivity index (χ2n) is 13.7. The fourth-order valence-electron chi connectivity index (χ4n) is 10.6. The molecule has 0 radical (unpaired) electrons. The lowest BCUT2D eigenvalue weighted by molar-refractivity contribution is -0.273. The Kier molecular flexibility index (Phi) is 5.32. The van der Waals surface area contributed by atoms with Crippen molar-refractivity contribution in [2.45, 2.75) is 117 Å². The first kappa shape index (κ1) is 22.8. The second kappa shape index (κ2) is 7.69. The van der Waals surface area contributed by atoms with Crippen LogP contribution < -0.4 is 0 Å². The number of rotatable bonds is 1. The summed E-state index contributed by atoms with van der Waals surface area (Å²) < 4.78 is 19.1. The first-order valence-corrected chi connectivity index (χ1v) is 14.2. The Morgan fingerprint density at radius 2 is 1.70 bits per heavy atom. The minimum absolute atomic E-state index is 0.105. The average molecular weight is 459 g/mol. The van der Waals surface area contributed by atoms with Crippen LogP contribution in [0, 0.1) is 52.3 Å². The van der Waals surface area contributed by atoms with E-state index in [0.29, 0.717) is 34.7 Å². The third-order valence-electron chi connectivity index (χ3n) is 12.2. The van der Waals surface area contributed by atoms with Gasteiger partial charge in [-0.05, 0) is 104 Å². The Hall–Kier alpha value is -0.610. The SMILES string of the molecule is CC(=O)O[C@H]1CC[C@@]2(C)[C@@H](CC[C@@H]3[C@@H]2CC[C@]2(C)[C@@H]4[C@H](C[C@@H]32)O[C@]2(CC[C@@H](C)CO2)[C@H]4C)C1. The lowest BCUT2D eigenvalue weighted by Crippen LogP contribution is -2.55. The fourth-order valence-corrected chi connectivity index (χ4v) is 10.6. The van der Waals surface area contributed by atoms with Crippen molar-refractivity contribution in [1.82, 2.24) is 0 Å². The topological polar surface area (TPSA) is 44.8 Å². The third-order valence-corrected chi connectivity index (χ3v) is 12.2. The lowest BCUT2D eigenvalue weighted by atomic mass is 9.44. The van der Waals surface area contributed by atoms with Crippen LogP contribution >= 0.6 is 0 Å². The number of carbonyl (C=O) groups is 1. The molecule has 2 aliphatic heterocycles. The van der Waals surface area contributed by atoms with Crippen molar-refractivity contribution in [3.63, 3.8) is 0 Å². The maximum Gasteiger partial charge on any atom is 0.302 e. The average Bonchev–Trinajstić information content (AvgIpc) is 3.21. The van der Waals surface area contributed by atoms with Gasteiger partial charge in [-0.1, -0.05) is 27.7 Å². The summed E-state index contributed by atoms with van der Waals surface area (Å²) in [4.78, 5) is 11.5. The van der Waals surface area contributed by atoms with E-state index in [-0.39, 0.29) is 17.9 Å². The van der Waals surface area contributed by atoms with Crippen LogP contribution in [-0.4, -0.2) is 30.6 Å². The van der Waals surface area contributed by atoms with Crippen molar-refractivity contribution in [2.75, 3.05) is 6.61 Å². The van der Waals surface area contributed by atoms with Crippen LogP contribution in [0.4, 0.5) is 0 Å². The molecule has 0 N–H and O–H groups in total. The van der Waals surface area contributed by atoms with Crippen LogP contribution in [0.1, 0.15) is 98.8 Å². The van der Waals surface area contributed by atoms with E-state index in [0.717, 1.165) is 49.5 Å². The lowest BCUT2D eigenvalue weighted by Gasteiger charge is -2.61. The third kappa shape index (κ3) is 3.25. The van der Waals surface area contributed by atoms with Crippen molar-refractivity contribution in [3.8, 4) is 0 Å². The van der Waals surface area contributed by atoms with E-state index in [1.54, 1.807) is 6.92 Å². The zero-order valence-electron chi connectivity index (χ0n) is 21.6. The number of fused-ring (bicyclic) bond motifs is 7. The van der Waals surface area contributed by atoms with Gasteiger partial charge < -0.3 is 14.2 Å². The number of carbonyl (C=O) groups excluding carboxylic acids is 1. The molecule has 0 bridgehead atoms. The highest BCUT2D eigenvalue weighted by Gasteiger charge is 2.69. The summed E-state index contributed by atoms with van der Waals surface area (Å²) in [5, 5.41) is 0. The van der Waals surface area contributed by atoms with Crippen LogP contribution in [0.3, 0.4) is 0 Å². The van der Waals surface area contributed by atoms with E-state index in [1.807, 2.05) is 0 Å². The second-order valence-corrected chi connectivity index (χ2v) is 13.7. The molecule has 1 spiro atoms. The quantitative estimate of drug-likeness (QED) is 0.429. The molecule has 2 saturated heterocycles. The largest absolute Gasteiger partial charge is 0.463 e. The van der Waals surface area contributed by atoms with Crippen LogP contribution in [0.5, 0.6) is 0 Å². The monoisotopic (exact) mass is 458 g/mol. The van der Waals surface area contributed by atoms with Crippen molar-refractivity contribution < 1.29 is 19.0 Å². The van der Waals surface area contributed by atoms with Gasteiger partial charge in [0.1, 0.15) is 6.10 Å². The number of hydrogen-bond donors (Lipinski definition) is 0. The zero-order valence-corrected chi connectivity index (χ0v) is 21.6. The smallest absolute Gasteiger partial charge is 0.302 e. The normalized spacial score (nSPS) is 57.7. The van der Waals surface area contributed by atoms with Gasteiger partial charge in [-0.15, -0.1) is 0 Å². The summed E-state index contributed by atoms with van der Waals surface area (Å²) in [6.07, 6.45) is 12.9. The van der Waals surface area contributed by atoms with Gasteiger partial charge in [-0.25, -0.2) is 0 Å². The predicted octanol–water partition coefficient (Wildman–Crippen LogP) is 6.36. The van der Waals surface area contributed by atoms with Crippen LogP contribution in [0.2, 0.25) is 0 Å². The maximum absolute atomic E-state index is 11.5. The highest BCUT2D eigenvalue weighted by molar-refractivity contribution is 5.66. The van der Waals surface area contributed by atoms with Crippen molar-refractivity contribution in [3.05, 3.63) is 0 Å². The highest BCUT2D eigenvalue weighted by Crippen LogP contribution is 2.71. The molecule has 6 aliphatic rings. The molecule has 0 amide bonds. The molecule has 33 heavy (non-hydrogen) atoms. The highest BCUT2D eigenvalue weighted by atomic mass is 16.7. The van der Waals surface area contributed by atoms with Crippen molar-refractivity contribution in [1.29, 1.82) is 0 Å². The van der Waals surface area contributed by atoms with E-state index < -0.39 is 0 Å². The van der Waals surface area contributed by atoms with Crippen molar-refractivity contribution in [2.24, 2.45) is 52.3 Å². The van der Waals surface area contributed by atoms with E-state index in [4.69, 9.17) is 14.2 Å². The molecule has 0 unspecified atom stereocenters. The van der Waals surface area contributed by atoms with Gasteiger partial charge in [0, 0.05) is 19.3 Å². The minimum Gasteiger partial charge on any atom is -0.463 e. The Balaban J connectivity index is 1.21. The first-order valence-electron chi connectivity index (χ1n) is 14.2. The van der Waals surface area contributed by atoms with E-state index in [2.05, 4.69) is 27.7 Å². The molecule has 12 atom stereocenters. The molecule has 4 aliphatic carbocycles. The Morgan fingerprint density at radius 3 is 2.42 bits per heavy atom. The van der Waals surface area contributed by atoms with Gasteiger partial charge in [0.25, 0.3) is 0 Å². The summed E-state index contributed by atoms with van der Waals surface area (Å²) >= 11 is 0. The van der Waals surface area contributed by atoms with E-state index in [1.165, 1.54) is 44.9 Å².